The van der Waals surface area contributed by atoms with Gasteiger partial charge in [-0.15, -0.1) is 0 Å². The van der Waals surface area contributed by atoms with E-state index in [0.29, 0.717) is 24.9 Å². The van der Waals surface area contributed by atoms with E-state index in [4.69, 9.17) is 0 Å². The van der Waals surface area contributed by atoms with Crippen molar-refractivity contribution in [3.8, 4) is 5.75 Å². The van der Waals surface area contributed by atoms with E-state index in [1.54, 1.807) is 12.1 Å². The molecule has 2 aromatic carbocycles. The van der Waals surface area contributed by atoms with Crippen LogP contribution in [0.1, 0.15) is 36.8 Å². The van der Waals surface area contributed by atoms with Gasteiger partial charge in [0.15, 0.2) is 0 Å². The van der Waals surface area contributed by atoms with E-state index in [1.807, 2.05) is 36.4 Å². The first-order valence-electron chi connectivity index (χ1n) is 8.58. The SMILES string of the molecule is O=C1CCCCC(C(=O)Nc2cc(Cc3ccccc3)ccc2O)N1. The van der Waals surface area contributed by atoms with E-state index in [9.17, 15) is 14.7 Å². The van der Waals surface area contributed by atoms with Crippen molar-refractivity contribution in [1.82, 2.24) is 5.32 Å². The highest BCUT2D eigenvalue weighted by Gasteiger charge is 2.23. The van der Waals surface area contributed by atoms with Gasteiger partial charge in [0.25, 0.3) is 0 Å². The van der Waals surface area contributed by atoms with E-state index in [0.717, 1.165) is 24.0 Å². The highest BCUT2D eigenvalue weighted by molar-refractivity contribution is 5.98. The fraction of sp³-hybridized carbons (Fsp3) is 0.300. The molecule has 1 aliphatic rings. The number of benzene rings is 2. The van der Waals surface area contributed by atoms with E-state index in [2.05, 4.69) is 10.6 Å². The van der Waals surface area contributed by atoms with Crippen LogP contribution >= 0.6 is 0 Å². The lowest BCUT2D eigenvalue weighted by Gasteiger charge is -2.17. The molecule has 0 aromatic heterocycles. The Kier molecular flexibility index (Phi) is 5.33. The number of hydrogen-bond donors (Lipinski definition) is 3. The molecule has 1 aliphatic heterocycles. The van der Waals surface area contributed by atoms with Gasteiger partial charge in [-0.1, -0.05) is 42.8 Å². The fourth-order valence-corrected chi connectivity index (χ4v) is 3.01. The molecule has 25 heavy (non-hydrogen) atoms. The van der Waals surface area contributed by atoms with Crippen LogP contribution in [0.4, 0.5) is 5.69 Å². The Balaban J connectivity index is 1.72. The topological polar surface area (TPSA) is 78.4 Å². The molecule has 130 valence electrons. The van der Waals surface area contributed by atoms with Gasteiger partial charge in [0.2, 0.25) is 11.8 Å². The molecule has 2 aromatic rings. The highest BCUT2D eigenvalue weighted by Crippen LogP contribution is 2.26. The predicted molar refractivity (Wildman–Crippen MR) is 96.4 cm³/mol. The minimum Gasteiger partial charge on any atom is -0.506 e. The summed E-state index contributed by atoms with van der Waals surface area (Å²) < 4.78 is 0. The van der Waals surface area contributed by atoms with Crippen LogP contribution in [0.3, 0.4) is 0 Å². The van der Waals surface area contributed by atoms with Crippen molar-refractivity contribution in [3.63, 3.8) is 0 Å². The Labute approximate surface area is 147 Å². The summed E-state index contributed by atoms with van der Waals surface area (Å²) in [5.41, 5.74) is 2.52. The van der Waals surface area contributed by atoms with Crippen molar-refractivity contribution in [1.29, 1.82) is 0 Å². The Morgan fingerprint density at radius 3 is 2.72 bits per heavy atom. The number of rotatable bonds is 4. The quantitative estimate of drug-likeness (QED) is 0.750. The maximum Gasteiger partial charge on any atom is 0.247 e. The number of phenols is 1. The van der Waals surface area contributed by atoms with Crippen LogP contribution in [0.2, 0.25) is 0 Å². The Morgan fingerprint density at radius 2 is 1.92 bits per heavy atom. The van der Waals surface area contributed by atoms with Gasteiger partial charge >= 0.3 is 0 Å². The van der Waals surface area contributed by atoms with E-state index < -0.39 is 6.04 Å². The van der Waals surface area contributed by atoms with Gasteiger partial charge in [-0.2, -0.15) is 0 Å². The highest BCUT2D eigenvalue weighted by atomic mass is 16.3. The molecule has 1 atom stereocenters. The summed E-state index contributed by atoms with van der Waals surface area (Å²) >= 11 is 0. The molecule has 3 rings (SSSR count). The summed E-state index contributed by atoms with van der Waals surface area (Å²) in [6, 6.07) is 14.6. The molecular formula is C20H22N2O3. The van der Waals surface area contributed by atoms with Crippen LogP contribution in [0.15, 0.2) is 48.5 Å². The first-order chi connectivity index (χ1) is 12.1. The molecule has 2 amide bonds. The van der Waals surface area contributed by atoms with Crippen molar-refractivity contribution in [3.05, 3.63) is 59.7 Å². The molecule has 0 aliphatic carbocycles. The molecule has 0 radical (unpaired) electrons. The van der Waals surface area contributed by atoms with Crippen molar-refractivity contribution in [2.45, 2.75) is 38.1 Å². The van der Waals surface area contributed by atoms with Gasteiger partial charge in [-0.25, -0.2) is 0 Å². The maximum atomic E-state index is 12.5. The molecule has 1 unspecified atom stereocenters. The molecule has 0 spiro atoms. The molecule has 1 saturated heterocycles. The van der Waals surface area contributed by atoms with Gasteiger partial charge in [-0.3, -0.25) is 9.59 Å². The number of carbonyl (C=O) groups excluding carboxylic acids is 2. The first kappa shape index (κ1) is 17.0. The second kappa shape index (κ2) is 7.83. The van der Waals surface area contributed by atoms with Gasteiger partial charge < -0.3 is 15.7 Å². The lowest BCUT2D eigenvalue weighted by atomic mass is 10.0. The zero-order chi connectivity index (χ0) is 17.6. The van der Waals surface area contributed by atoms with Gasteiger partial charge in [-0.05, 0) is 42.5 Å². The van der Waals surface area contributed by atoms with Crippen LogP contribution in [-0.4, -0.2) is 23.0 Å². The summed E-state index contributed by atoms with van der Waals surface area (Å²) in [4.78, 5) is 24.1. The molecule has 1 fully saturated rings. The van der Waals surface area contributed by atoms with Crippen molar-refractivity contribution in [2.75, 3.05) is 5.32 Å². The lowest BCUT2D eigenvalue weighted by molar-refractivity contribution is -0.126. The van der Waals surface area contributed by atoms with Crippen LogP contribution < -0.4 is 10.6 Å². The molecule has 5 nitrogen and oxygen atoms in total. The third kappa shape index (κ3) is 4.59. The van der Waals surface area contributed by atoms with Crippen LogP contribution in [0.25, 0.3) is 0 Å². The number of nitrogens with one attached hydrogen (secondary N) is 2. The largest absolute Gasteiger partial charge is 0.506 e. The number of carbonyl (C=O) groups is 2. The normalized spacial score (nSPS) is 17.4. The van der Waals surface area contributed by atoms with E-state index in [1.165, 1.54) is 0 Å². The van der Waals surface area contributed by atoms with Crippen LogP contribution in [-0.2, 0) is 16.0 Å². The van der Waals surface area contributed by atoms with Crippen molar-refractivity contribution >= 4 is 17.5 Å². The number of phenolic OH excluding ortho intramolecular Hbond substituents is 1. The van der Waals surface area contributed by atoms with Crippen molar-refractivity contribution in [2.24, 2.45) is 0 Å². The van der Waals surface area contributed by atoms with Gasteiger partial charge in [0.05, 0.1) is 5.69 Å². The number of hydrogen-bond acceptors (Lipinski definition) is 3. The molecule has 1 heterocycles. The zero-order valence-corrected chi connectivity index (χ0v) is 14.0. The Bertz CT molecular complexity index is 759. The zero-order valence-electron chi connectivity index (χ0n) is 14.0. The minimum absolute atomic E-state index is 0.0186. The number of aromatic hydroxyl groups is 1. The minimum atomic E-state index is -0.549. The van der Waals surface area contributed by atoms with E-state index >= 15 is 0 Å². The molecule has 0 saturated carbocycles. The van der Waals surface area contributed by atoms with Crippen LogP contribution in [0, 0.1) is 0 Å². The number of anilines is 1. The standard InChI is InChI=1S/C20H22N2O3/c23-18-11-10-15(12-14-6-2-1-3-7-14)13-17(18)22-20(25)16-8-4-5-9-19(24)21-16/h1-3,6-7,10-11,13,16,23H,4-5,8-9,12H2,(H,21,24)(H,22,25). The molecule has 3 N–H and O–H groups in total. The third-order valence-corrected chi connectivity index (χ3v) is 4.37. The summed E-state index contributed by atoms with van der Waals surface area (Å²) in [5.74, 6) is -0.368. The Hall–Kier alpha value is -2.82. The second-order valence-corrected chi connectivity index (χ2v) is 6.37. The third-order valence-electron chi connectivity index (χ3n) is 4.37. The monoisotopic (exact) mass is 338 g/mol. The number of amides is 2. The van der Waals surface area contributed by atoms with Crippen LogP contribution in [0.5, 0.6) is 5.75 Å². The second-order valence-electron chi connectivity index (χ2n) is 6.37. The van der Waals surface area contributed by atoms with Crippen molar-refractivity contribution < 1.29 is 14.7 Å². The smallest absolute Gasteiger partial charge is 0.247 e. The maximum absolute atomic E-state index is 12.5. The average Bonchev–Trinajstić information content (AvgIpc) is 2.83. The van der Waals surface area contributed by atoms with Gasteiger partial charge in [0, 0.05) is 6.42 Å². The summed E-state index contributed by atoms with van der Waals surface area (Å²) in [7, 11) is 0. The summed E-state index contributed by atoms with van der Waals surface area (Å²) in [6.45, 7) is 0. The summed E-state index contributed by atoms with van der Waals surface area (Å²) in [6.07, 6.45) is 3.41. The lowest BCUT2D eigenvalue weighted by Crippen LogP contribution is -2.42. The molecule has 5 heteroatoms. The van der Waals surface area contributed by atoms with E-state index in [-0.39, 0.29) is 17.6 Å². The average molecular weight is 338 g/mol. The Morgan fingerprint density at radius 1 is 1.12 bits per heavy atom. The summed E-state index contributed by atoms with van der Waals surface area (Å²) in [5, 5.41) is 15.5. The first-order valence-corrected chi connectivity index (χ1v) is 8.58. The van der Waals surface area contributed by atoms with Gasteiger partial charge in [0.1, 0.15) is 11.8 Å². The molecule has 0 bridgehead atoms. The predicted octanol–water partition coefficient (Wildman–Crippen LogP) is 2.98. The fourth-order valence-electron chi connectivity index (χ4n) is 3.01. The molecular weight excluding hydrogens is 316 g/mol.